The number of nitrogens with zero attached hydrogens (tertiary/aromatic N) is 3. The molecule has 674 valence electrons. The number of alkyl halides is 3. The van der Waals surface area contributed by atoms with Crippen LogP contribution in [-0.4, -0.2) is 117 Å². The number of aromatic carboxylic acids is 1. The molecule has 0 unspecified atom stereocenters. The number of rotatable bonds is 12. The van der Waals surface area contributed by atoms with Gasteiger partial charge >= 0.3 is 53.6 Å². The molecule has 0 radical (unpaired) electrons. The van der Waals surface area contributed by atoms with Gasteiger partial charge in [0.05, 0.1) is 33.2 Å². The maximum atomic E-state index is 13.3. The topological polar surface area (TPSA) is 324 Å². The fraction of sp³-hybridized carbons (Fsp3) is 0.265. The van der Waals surface area contributed by atoms with Gasteiger partial charge in [-0.25, -0.2) is 14.4 Å². The van der Waals surface area contributed by atoms with Gasteiger partial charge in [-0.1, -0.05) is 179 Å². The van der Waals surface area contributed by atoms with E-state index in [1.54, 1.807) is 127 Å². The Labute approximate surface area is 778 Å². The minimum atomic E-state index is -4.97. The molecule has 6 N–H and O–H groups in total. The molecule has 15 rings (SSSR count). The maximum absolute atomic E-state index is 13.3. The smallest absolute Gasteiger partial charge is 1.00 e. The fourth-order valence-electron chi connectivity index (χ4n) is 13.9. The Morgan fingerprint density at radius 2 is 0.806 bits per heavy atom. The van der Waals surface area contributed by atoms with Crippen molar-refractivity contribution in [2.24, 2.45) is 5.73 Å². The van der Waals surface area contributed by atoms with Crippen molar-refractivity contribution in [3.8, 4) is 0 Å². The van der Waals surface area contributed by atoms with Crippen LogP contribution in [0.2, 0.25) is 0 Å². The van der Waals surface area contributed by atoms with Crippen LogP contribution in [0, 0.1) is 55.4 Å². The number of H-pyrrole nitrogens is 3. The molecule has 0 atom stereocenters. The van der Waals surface area contributed by atoms with Crippen LogP contribution < -0.4 is 46.4 Å². The number of carbonyl (C=O) groups is 9. The van der Waals surface area contributed by atoms with Gasteiger partial charge in [0.2, 0.25) is 6.26 Å². The Morgan fingerprint density at radius 3 is 1.14 bits per heavy atom. The Balaban J connectivity index is 0.000000328. The number of para-hydroxylation sites is 4. The Bertz CT molecular complexity index is 6400. The molecule has 22 nitrogen and oxygen atoms in total. The van der Waals surface area contributed by atoms with Gasteiger partial charge in [0.15, 0.2) is 5.78 Å². The molecule has 0 aliphatic carbocycles. The number of hydrogen-bond acceptors (Lipinski definition) is 15. The zero-order valence-electron chi connectivity index (χ0n) is 77.0. The summed E-state index contributed by atoms with van der Waals surface area (Å²) >= 11 is 5.16. The number of ketones is 1. The molecule has 1 saturated heterocycles. The molecule has 8 aromatic carbocycles. The first kappa shape index (κ1) is 105. The van der Waals surface area contributed by atoms with Crippen LogP contribution >= 0.6 is 11.6 Å². The molecular formula is C102H112ClF3N7NaO15. The average Bonchev–Trinajstić information content (AvgIpc) is 1.61. The van der Waals surface area contributed by atoms with Crippen molar-refractivity contribution in [2.45, 2.75) is 168 Å². The van der Waals surface area contributed by atoms with Crippen LogP contribution in [-0.2, 0) is 32.0 Å². The number of pyridine rings is 2. The third-order valence-electron chi connectivity index (χ3n) is 19.3. The number of carboxylic acids is 1. The number of aromatic nitrogens is 6. The third kappa shape index (κ3) is 29.4. The first-order valence-corrected chi connectivity index (χ1v) is 41.3. The summed E-state index contributed by atoms with van der Waals surface area (Å²) in [6.45, 7) is 32.0. The predicted octanol–water partition coefficient (Wildman–Crippen LogP) is 19.0. The zero-order chi connectivity index (χ0) is 94.7. The maximum Gasteiger partial charge on any atom is 1.00 e. The van der Waals surface area contributed by atoms with Gasteiger partial charge in [-0.15, -0.1) is 0 Å². The average molecular weight is 1790 g/mol. The van der Waals surface area contributed by atoms with Gasteiger partial charge in [-0.3, -0.25) is 52.1 Å². The largest absolute Gasteiger partial charge is 1.00 e. The first-order chi connectivity index (χ1) is 60.6. The van der Waals surface area contributed by atoms with Gasteiger partial charge in [0.1, 0.15) is 12.6 Å². The van der Waals surface area contributed by atoms with Crippen LogP contribution in [0.4, 0.5) is 13.2 Å². The van der Waals surface area contributed by atoms with E-state index >= 15 is 0 Å². The molecule has 0 bridgehead atoms. The zero-order valence-corrected chi connectivity index (χ0v) is 77.7. The standard InChI is InChI=1S/C26H24N2O3.C21H21NO3.C17H13NO3.C14H17NO2.C8H12N2O.C7H5ClO.C4H8O.C2HF3O.C2H6.CH4.Na.H/c1-16-15-17(2)27-25(30)20(16)13-14-23(29)24-18(3)28(22-12-8-7-11-21(22)24)26(31)19-9-5-4-6-10-19;1-14-18(20(24)25-21(2,3)4)16-12-8-9-13-17(16)22(14)19(23)15-10-6-5-7-11-15;1-11-15(17(20)21)13-9-5-6-10-14(13)18(11)16(19)12-7-3-2-4-8-12;1-9-12(13(16)17-14(2,3)4)10-7-5-6-8-11(10)15-9;1-5-3-6(2)10-8(11)7(5)4-9;8-7(9)6-4-2-1-3-5-6;1-2-4-5-3-1;3-2(4,5)1-6;1-2;;;/h4-12,15H,13-14H2,1-3H3,(H,27,30);5-13H,1-4H3;2-10H,1H3,(H,20,21);5-8,15H,1-4H3;3H,4,9H2,1-2H3,(H,10,11);1-5H;1-4H2;1H;1-2H3;1H4;;/q;;;;;;;;;;+1;-1/i;;;;;;;1D;;;;. The minimum Gasteiger partial charge on any atom is -1.00 e. The molecule has 0 spiro atoms. The van der Waals surface area contributed by atoms with E-state index in [9.17, 15) is 66.2 Å². The number of nitrogens with one attached hydrogen (secondary N) is 3. The molecule has 14 aromatic rings. The van der Waals surface area contributed by atoms with Gasteiger partial charge < -0.3 is 41.4 Å². The molecule has 1 fully saturated rings. The van der Waals surface area contributed by atoms with Crippen LogP contribution in [0.3, 0.4) is 0 Å². The second-order valence-corrected chi connectivity index (χ2v) is 31.3. The second kappa shape index (κ2) is 49.5. The summed E-state index contributed by atoms with van der Waals surface area (Å²) in [6, 6.07) is 69.1. The summed E-state index contributed by atoms with van der Waals surface area (Å²) in [5.74, 6) is -2.34. The number of nitrogens with two attached hydrogens (primary N) is 1. The quantitative estimate of drug-likeness (QED) is 0.0249. The van der Waals surface area contributed by atoms with Crippen molar-refractivity contribution in [3.05, 3.63) is 352 Å². The Kier molecular flexibility index (Phi) is 40.3. The normalized spacial score (nSPS) is 11.3. The molecule has 6 aromatic heterocycles. The van der Waals surface area contributed by atoms with Crippen molar-refractivity contribution in [1.82, 2.24) is 28.7 Å². The number of fused-ring (bicyclic) bond motifs is 4. The van der Waals surface area contributed by atoms with E-state index in [0.29, 0.717) is 102 Å². The van der Waals surface area contributed by atoms with Crippen LogP contribution in [0.1, 0.15) is 224 Å². The van der Waals surface area contributed by atoms with Crippen molar-refractivity contribution in [1.29, 1.82) is 0 Å². The molecule has 0 amide bonds. The number of aldehydes is 1. The molecule has 7 heterocycles. The van der Waals surface area contributed by atoms with Crippen LogP contribution in [0.5, 0.6) is 0 Å². The van der Waals surface area contributed by atoms with Gasteiger partial charge in [0, 0.05) is 126 Å². The third-order valence-corrected chi connectivity index (χ3v) is 19.6. The number of ether oxygens (including phenoxy) is 3. The van der Waals surface area contributed by atoms with Crippen LogP contribution in [0.25, 0.3) is 43.6 Å². The number of carboxylic acid groups (broad SMARTS) is 1. The monoisotopic (exact) mass is 1790 g/mol. The van der Waals surface area contributed by atoms with Crippen molar-refractivity contribution >= 4 is 108 Å². The second-order valence-electron chi connectivity index (χ2n) is 31.0. The van der Waals surface area contributed by atoms with Gasteiger partial charge in [-0.2, -0.15) is 13.2 Å². The van der Waals surface area contributed by atoms with E-state index in [4.69, 9.17) is 37.7 Å². The van der Waals surface area contributed by atoms with E-state index in [-0.39, 0.29) is 91.0 Å². The summed E-state index contributed by atoms with van der Waals surface area (Å²) in [4.78, 5) is 140. The van der Waals surface area contributed by atoms with Gasteiger partial charge in [-0.05, 0) is 212 Å². The molecule has 0 saturated carbocycles. The summed E-state index contributed by atoms with van der Waals surface area (Å²) < 4.78 is 58.0. The summed E-state index contributed by atoms with van der Waals surface area (Å²) in [6.07, 6.45) is -4.37. The molecule has 1 aliphatic rings. The number of aryl methyl sites for hydroxylation is 5. The SMILES string of the molecule is C.C1CCOC1.CC.Cc1[nH]c2ccccc2c1C(=O)OC(C)(C)C.Cc1c(C(=O)O)c2ccccc2n1C(=O)c1ccccc1.Cc1c(C(=O)OC(C)(C)C)c2ccccc2n1C(=O)c1ccccc1.Cc1cc(C)c(CCC(=O)c2c(C)n(C(=O)c3ccccc3)c3ccccc23)c(=O)[nH]1.Cc1cc(C)c(CN)c(=O)[nH]1.O=C(Cl)c1ccccc1.[2H]C(=O)C(F)(F)F.[H-].[Na+]. The number of carbonyl (C=O) groups excluding carboxylic acids is 8. The molecule has 1 aliphatic heterocycles. The molecular weight excluding hydrogens is 1680 g/mol. The van der Waals surface area contributed by atoms with Crippen molar-refractivity contribution in [3.63, 3.8) is 0 Å². The number of halogens is 4. The fourth-order valence-corrected chi connectivity index (χ4v) is 14.0. The number of benzene rings is 8. The summed E-state index contributed by atoms with van der Waals surface area (Å²) in [5, 5.41) is 12.0. The summed E-state index contributed by atoms with van der Waals surface area (Å²) in [7, 11) is 0. The van der Waals surface area contributed by atoms with E-state index in [1.807, 2.05) is 223 Å². The summed E-state index contributed by atoms with van der Waals surface area (Å²) in [5.41, 5.74) is 18.4. The predicted molar refractivity (Wildman–Crippen MR) is 500 cm³/mol. The number of aromatic amines is 3. The van der Waals surface area contributed by atoms with E-state index in [1.165, 1.54) is 17.4 Å². The van der Waals surface area contributed by atoms with E-state index < -0.39 is 40.8 Å². The Morgan fingerprint density at radius 1 is 0.488 bits per heavy atom. The molecule has 129 heavy (non-hydrogen) atoms. The van der Waals surface area contributed by atoms with Gasteiger partial charge in [0.25, 0.3) is 34.1 Å². The number of Topliss-reactive ketones (excluding diaryl/α,β-unsaturated/α-hetero) is 1. The van der Waals surface area contributed by atoms with Crippen molar-refractivity contribution in [2.75, 3.05) is 13.2 Å². The van der Waals surface area contributed by atoms with E-state index in [2.05, 4.69) is 15.0 Å². The minimum absolute atomic E-state index is 0. The number of esters is 2. The molecule has 27 heteroatoms. The van der Waals surface area contributed by atoms with Crippen molar-refractivity contribution < 1.29 is 108 Å². The van der Waals surface area contributed by atoms with Crippen LogP contribution in [0.15, 0.2) is 240 Å². The van der Waals surface area contributed by atoms with E-state index in [0.717, 1.165) is 63.1 Å². The Hall–Kier alpha value is -12.8. The number of hydrogen-bond donors (Lipinski definition) is 5. The first-order valence-electron chi connectivity index (χ1n) is 41.5.